The zero-order valence-electron chi connectivity index (χ0n) is 18.9. The van der Waals surface area contributed by atoms with Crippen LogP contribution in [0.15, 0.2) is 0 Å². The molecule has 1 saturated carbocycles. The molecule has 6 nitrogen and oxygen atoms in total. The molecule has 0 heterocycles. The highest BCUT2D eigenvalue weighted by Gasteiger charge is 2.37. The van der Waals surface area contributed by atoms with Crippen molar-refractivity contribution >= 4 is 11.8 Å². The van der Waals surface area contributed by atoms with Crippen LogP contribution in [0.5, 0.6) is 0 Å². The Morgan fingerprint density at radius 1 is 1.00 bits per heavy atom. The molecule has 176 valence electrons. The van der Waals surface area contributed by atoms with Gasteiger partial charge in [-0.2, -0.15) is 0 Å². The largest absolute Gasteiger partial charge is 0.477 e. The van der Waals surface area contributed by atoms with Crippen molar-refractivity contribution in [2.45, 2.75) is 115 Å². The van der Waals surface area contributed by atoms with E-state index in [2.05, 4.69) is 6.92 Å². The summed E-state index contributed by atoms with van der Waals surface area (Å²) in [6, 6.07) is 0. The van der Waals surface area contributed by atoms with Crippen molar-refractivity contribution in [2.24, 2.45) is 11.8 Å². The Labute approximate surface area is 182 Å². The van der Waals surface area contributed by atoms with Gasteiger partial charge in [0.2, 0.25) is 0 Å². The lowest BCUT2D eigenvalue weighted by Gasteiger charge is -2.23. The molecule has 0 spiro atoms. The molecular weight excluding hydrogens is 384 g/mol. The molecule has 0 aromatic carbocycles. The van der Waals surface area contributed by atoms with Crippen LogP contribution in [0.2, 0.25) is 0 Å². The van der Waals surface area contributed by atoms with E-state index in [4.69, 9.17) is 14.9 Å². The third-order valence-electron chi connectivity index (χ3n) is 6.47. The molecule has 0 aliphatic heterocycles. The fourth-order valence-electron chi connectivity index (χ4n) is 4.62. The van der Waals surface area contributed by atoms with E-state index in [0.29, 0.717) is 24.5 Å². The molecule has 0 saturated heterocycles. The lowest BCUT2D eigenvalue weighted by Crippen LogP contribution is -2.42. The van der Waals surface area contributed by atoms with E-state index < -0.39 is 11.8 Å². The Morgan fingerprint density at radius 3 is 2.23 bits per heavy atom. The molecule has 0 amide bonds. The van der Waals surface area contributed by atoms with Crippen LogP contribution in [0.1, 0.15) is 110 Å². The fraction of sp³-hybridized carbons (Fsp3) is 0.917. The van der Waals surface area contributed by atoms with E-state index in [0.717, 1.165) is 32.1 Å². The summed E-state index contributed by atoms with van der Waals surface area (Å²) in [4.78, 5) is 23.5. The van der Waals surface area contributed by atoms with Crippen LogP contribution >= 0.6 is 0 Å². The van der Waals surface area contributed by atoms with Crippen LogP contribution in [0.3, 0.4) is 0 Å². The predicted octanol–water partition coefficient (Wildman–Crippen LogP) is 4.85. The van der Waals surface area contributed by atoms with Gasteiger partial charge in [-0.25, -0.2) is 4.79 Å². The first-order chi connectivity index (χ1) is 14.4. The van der Waals surface area contributed by atoms with Crippen molar-refractivity contribution in [3.63, 3.8) is 0 Å². The molecule has 1 fully saturated rings. The topological polar surface area (TPSA) is 104 Å². The van der Waals surface area contributed by atoms with E-state index >= 15 is 0 Å². The number of aliphatic carboxylic acids is 1. The number of aliphatic hydroxyl groups excluding tert-OH is 1. The highest BCUT2D eigenvalue weighted by molar-refractivity contribution is 5.83. The van der Waals surface area contributed by atoms with Gasteiger partial charge in [0, 0.05) is 18.8 Å². The number of rotatable bonds is 19. The van der Waals surface area contributed by atoms with Gasteiger partial charge in [-0.3, -0.25) is 4.79 Å². The van der Waals surface area contributed by atoms with Gasteiger partial charge in [0.25, 0.3) is 5.79 Å². The predicted molar refractivity (Wildman–Crippen MR) is 117 cm³/mol. The first kappa shape index (κ1) is 27.1. The third kappa shape index (κ3) is 10.4. The first-order valence-electron chi connectivity index (χ1n) is 12.2. The zero-order valence-corrected chi connectivity index (χ0v) is 18.9. The number of carboxylic acids is 1. The summed E-state index contributed by atoms with van der Waals surface area (Å²) in [6.07, 6.45) is 16.3. The molecule has 0 bridgehead atoms. The van der Waals surface area contributed by atoms with Crippen LogP contribution in [0.25, 0.3) is 0 Å². The van der Waals surface area contributed by atoms with Crippen molar-refractivity contribution in [3.8, 4) is 0 Å². The Morgan fingerprint density at radius 2 is 1.60 bits per heavy atom. The molecule has 0 radical (unpaired) electrons. The quantitative estimate of drug-likeness (QED) is 0.201. The van der Waals surface area contributed by atoms with Crippen LogP contribution in [-0.2, 0) is 14.3 Å². The Hall–Kier alpha value is -0.980. The molecule has 30 heavy (non-hydrogen) atoms. The van der Waals surface area contributed by atoms with Crippen molar-refractivity contribution in [1.29, 1.82) is 0 Å². The number of carboxylic acid groups (broad SMARTS) is 1. The molecule has 1 aliphatic carbocycles. The van der Waals surface area contributed by atoms with E-state index in [1.54, 1.807) is 0 Å². The summed E-state index contributed by atoms with van der Waals surface area (Å²) in [5, 5.41) is 27.9. The third-order valence-corrected chi connectivity index (χ3v) is 6.47. The minimum absolute atomic E-state index is 0.0113. The van der Waals surface area contributed by atoms with Crippen molar-refractivity contribution < 1.29 is 29.6 Å². The fourth-order valence-corrected chi connectivity index (χ4v) is 4.62. The number of Topliss-reactive ketones (excluding diaryl/α,β-unsaturated/α-hetero) is 1. The summed E-state index contributed by atoms with van der Waals surface area (Å²) >= 11 is 0. The van der Waals surface area contributed by atoms with E-state index in [1.165, 1.54) is 51.4 Å². The number of hydrogen-bond donors (Lipinski definition) is 3. The molecule has 6 heteroatoms. The average Bonchev–Trinajstić information content (AvgIpc) is 3.07. The maximum atomic E-state index is 12.3. The van der Waals surface area contributed by atoms with Crippen molar-refractivity contribution in [2.75, 3.05) is 13.2 Å². The summed E-state index contributed by atoms with van der Waals surface area (Å²) in [5.74, 6) is -2.58. The van der Waals surface area contributed by atoms with Gasteiger partial charge < -0.3 is 20.1 Å². The normalized spacial score (nSPS) is 21.1. The number of ether oxygens (including phenoxy) is 1. The number of hydrogen-bond acceptors (Lipinski definition) is 5. The number of ketones is 1. The minimum Gasteiger partial charge on any atom is -0.477 e. The standard InChI is InChI=1S/C24H44O6/c1-2-3-4-5-6-7-8-10-13-20-15-16-22(26)21(20)14-11-9-12-17-24(29,23(27)28)30-19-18-25/h20-21,25,29H,2-19H2,1H3,(H,27,28)/t20-,21+,24?/m0/s1. The smallest absolute Gasteiger partial charge is 0.364 e. The molecule has 1 aliphatic rings. The molecule has 0 aromatic rings. The first-order valence-corrected chi connectivity index (χ1v) is 12.2. The summed E-state index contributed by atoms with van der Waals surface area (Å²) in [6.45, 7) is 1.70. The zero-order chi connectivity index (χ0) is 22.2. The molecule has 3 atom stereocenters. The lowest BCUT2D eigenvalue weighted by molar-refractivity contribution is -0.228. The van der Waals surface area contributed by atoms with Gasteiger partial charge in [-0.05, 0) is 31.6 Å². The maximum absolute atomic E-state index is 12.3. The van der Waals surface area contributed by atoms with Gasteiger partial charge in [0.05, 0.1) is 13.2 Å². The monoisotopic (exact) mass is 428 g/mol. The molecular formula is C24H44O6. The minimum atomic E-state index is -2.23. The van der Waals surface area contributed by atoms with Gasteiger partial charge in [-0.15, -0.1) is 0 Å². The van der Waals surface area contributed by atoms with Crippen LogP contribution in [-0.4, -0.2) is 46.1 Å². The van der Waals surface area contributed by atoms with Gasteiger partial charge >= 0.3 is 5.97 Å². The van der Waals surface area contributed by atoms with Crippen LogP contribution in [0, 0.1) is 11.8 Å². The highest BCUT2D eigenvalue weighted by Crippen LogP contribution is 2.36. The van der Waals surface area contributed by atoms with E-state index in [9.17, 15) is 14.7 Å². The summed E-state index contributed by atoms with van der Waals surface area (Å²) in [5.41, 5.74) is 0. The van der Waals surface area contributed by atoms with Crippen molar-refractivity contribution in [1.82, 2.24) is 0 Å². The molecule has 1 rings (SSSR count). The number of carbonyl (C=O) groups is 2. The average molecular weight is 429 g/mol. The number of unbranched alkanes of at least 4 members (excludes halogenated alkanes) is 9. The van der Waals surface area contributed by atoms with Gasteiger partial charge in [0.15, 0.2) is 0 Å². The number of aliphatic hydroxyl groups is 2. The number of carbonyl (C=O) groups excluding carboxylic acids is 1. The van der Waals surface area contributed by atoms with Crippen molar-refractivity contribution in [3.05, 3.63) is 0 Å². The molecule has 1 unspecified atom stereocenters. The van der Waals surface area contributed by atoms with Crippen LogP contribution in [0.4, 0.5) is 0 Å². The van der Waals surface area contributed by atoms with Gasteiger partial charge in [0.1, 0.15) is 5.78 Å². The Balaban J connectivity index is 2.21. The SMILES string of the molecule is CCCCCCCCCC[C@H]1CCC(=O)[C@@H]1CCCCCC(O)(OCCO)C(=O)O. The van der Waals surface area contributed by atoms with E-state index in [-0.39, 0.29) is 25.6 Å². The second-order valence-corrected chi connectivity index (χ2v) is 8.90. The molecule has 0 aromatic heterocycles. The Bertz CT molecular complexity index is 480. The van der Waals surface area contributed by atoms with Crippen LogP contribution < -0.4 is 0 Å². The summed E-state index contributed by atoms with van der Waals surface area (Å²) in [7, 11) is 0. The maximum Gasteiger partial charge on any atom is 0.364 e. The second kappa shape index (κ2) is 15.8. The van der Waals surface area contributed by atoms with E-state index in [1.807, 2.05) is 0 Å². The molecule has 3 N–H and O–H groups in total. The second-order valence-electron chi connectivity index (χ2n) is 8.90. The Kier molecular flexibility index (Phi) is 14.2. The highest BCUT2D eigenvalue weighted by atomic mass is 16.6. The summed E-state index contributed by atoms with van der Waals surface area (Å²) < 4.78 is 4.90. The van der Waals surface area contributed by atoms with Gasteiger partial charge in [-0.1, -0.05) is 71.1 Å². The lowest BCUT2D eigenvalue weighted by atomic mass is 9.86.